The minimum absolute atomic E-state index is 0.520. The van der Waals surface area contributed by atoms with Gasteiger partial charge in [-0.05, 0) is 80.6 Å². The van der Waals surface area contributed by atoms with Gasteiger partial charge in [-0.1, -0.05) is 48.1 Å². The van der Waals surface area contributed by atoms with Gasteiger partial charge in [0.1, 0.15) is 11.5 Å². The van der Waals surface area contributed by atoms with Crippen molar-refractivity contribution in [2.75, 3.05) is 7.11 Å². The third-order valence-corrected chi connectivity index (χ3v) is 5.31. The standard InChI is InChI=1S/C28H29F3O3/c1-18(14-15-23-20(3)17-26(33-6)22(5)21(23)4)10-9-11-19(2)16-27(32)34-25-13-8-7-12-24(25)28(29,30)31/h7-17H,1-6H3/b11-9+,15-14+,18-10+,19-16+. The predicted octanol–water partition coefficient (Wildman–Crippen LogP) is 7.71. The molecule has 0 heterocycles. The molecule has 0 saturated carbocycles. The van der Waals surface area contributed by atoms with E-state index in [-0.39, 0.29) is 0 Å². The molecule has 34 heavy (non-hydrogen) atoms. The lowest BCUT2D eigenvalue weighted by Gasteiger charge is -2.13. The van der Waals surface area contributed by atoms with E-state index in [1.807, 2.05) is 39.0 Å². The molecule has 3 nitrogen and oxygen atoms in total. The number of aryl methyl sites for hydroxylation is 1. The Kier molecular flexibility index (Phi) is 9.07. The number of carbonyl (C=O) groups is 1. The third-order valence-electron chi connectivity index (χ3n) is 5.31. The Morgan fingerprint density at radius 2 is 1.62 bits per heavy atom. The van der Waals surface area contributed by atoms with Gasteiger partial charge < -0.3 is 9.47 Å². The second kappa shape index (κ2) is 11.5. The van der Waals surface area contributed by atoms with E-state index in [1.165, 1.54) is 12.1 Å². The maximum absolute atomic E-state index is 13.0. The average Bonchev–Trinajstić information content (AvgIpc) is 2.75. The second-order valence-corrected chi connectivity index (χ2v) is 7.97. The molecule has 2 aromatic rings. The smallest absolute Gasteiger partial charge is 0.419 e. The lowest BCUT2D eigenvalue weighted by atomic mass is 9.96. The van der Waals surface area contributed by atoms with E-state index in [4.69, 9.17) is 9.47 Å². The SMILES string of the molecule is COc1cc(C)c(/C=C/C(C)=C/C=C/C(C)=C/C(=O)Oc2ccccc2C(F)(F)F)c(C)c1C. The summed E-state index contributed by atoms with van der Waals surface area (Å²) in [6.07, 6.45) is 5.91. The van der Waals surface area contributed by atoms with Crippen molar-refractivity contribution in [1.82, 2.24) is 0 Å². The number of ether oxygens (including phenoxy) is 2. The summed E-state index contributed by atoms with van der Waals surface area (Å²) in [5.41, 5.74) is 5.03. The maximum Gasteiger partial charge on any atom is 0.419 e. The van der Waals surface area contributed by atoms with Crippen molar-refractivity contribution >= 4 is 12.0 Å². The summed E-state index contributed by atoms with van der Waals surface area (Å²) in [6.45, 7) is 9.73. The summed E-state index contributed by atoms with van der Waals surface area (Å²) < 4.78 is 49.4. The highest BCUT2D eigenvalue weighted by Crippen LogP contribution is 2.36. The number of alkyl halides is 3. The van der Waals surface area contributed by atoms with Crippen molar-refractivity contribution in [3.8, 4) is 11.5 Å². The van der Waals surface area contributed by atoms with Crippen LogP contribution in [0.2, 0.25) is 0 Å². The predicted molar refractivity (Wildman–Crippen MR) is 130 cm³/mol. The van der Waals surface area contributed by atoms with E-state index in [9.17, 15) is 18.0 Å². The second-order valence-electron chi connectivity index (χ2n) is 7.97. The van der Waals surface area contributed by atoms with E-state index >= 15 is 0 Å². The van der Waals surface area contributed by atoms with Gasteiger partial charge in [0.15, 0.2) is 0 Å². The minimum atomic E-state index is -4.60. The summed E-state index contributed by atoms with van der Waals surface area (Å²) in [4.78, 5) is 12.1. The van der Waals surface area contributed by atoms with Crippen LogP contribution in [0, 0.1) is 20.8 Å². The number of methoxy groups -OCH3 is 1. The molecule has 6 heteroatoms. The molecule has 0 aliphatic rings. The topological polar surface area (TPSA) is 35.5 Å². The van der Waals surface area contributed by atoms with Crippen molar-refractivity contribution in [2.45, 2.75) is 40.8 Å². The zero-order chi connectivity index (χ0) is 25.5. The number of halogens is 3. The first-order valence-electron chi connectivity index (χ1n) is 10.7. The largest absolute Gasteiger partial charge is 0.496 e. The fourth-order valence-corrected chi connectivity index (χ4v) is 3.32. The fraction of sp³-hybridized carbons (Fsp3) is 0.250. The summed E-state index contributed by atoms with van der Waals surface area (Å²) in [7, 11) is 1.66. The van der Waals surface area contributed by atoms with Crippen LogP contribution in [-0.2, 0) is 11.0 Å². The van der Waals surface area contributed by atoms with Gasteiger partial charge in [0, 0.05) is 6.08 Å². The van der Waals surface area contributed by atoms with Crippen LogP contribution < -0.4 is 9.47 Å². The third kappa shape index (κ3) is 7.24. The zero-order valence-electron chi connectivity index (χ0n) is 20.2. The van der Waals surface area contributed by atoms with E-state index in [0.717, 1.165) is 51.8 Å². The van der Waals surface area contributed by atoms with Gasteiger partial charge >= 0.3 is 12.1 Å². The van der Waals surface area contributed by atoms with Crippen LogP contribution in [0.3, 0.4) is 0 Å². The molecule has 0 unspecified atom stereocenters. The minimum Gasteiger partial charge on any atom is -0.496 e. The van der Waals surface area contributed by atoms with Gasteiger partial charge in [0.2, 0.25) is 0 Å². The highest BCUT2D eigenvalue weighted by Gasteiger charge is 2.34. The summed E-state index contributed by atoms with van der Waals surface area (Å²) in [5.74, 6) is -0.529. The number of para-hydroxylation sites is 1. The van der Waals surface area contributed by atoms with Gasteiger partial charge in [-0.15, -0.1) is 0 Å². The van der Waals surface area contributed by atoms with E-state index in [2.05, 4.69) is 13.0 Å². The van der Waals surface area contributed by atoms with Gasteiger partial charge in [-0.3, -0.25) is 0 Å². The van der Waals surface area contributed by atoms with Crippen LogP contribution in [0.15, 0.2) is 71.9 Å². The monoisotopic (exact) mass is 470 g/mol. The van der Waals surface area contributed by atoms with Gasteiger partial charge in [-0.25, -0.2) is 4.79 Å². The number of hydrogen-bond donors (Lipinski definition) is 0. The highest BCUT2D eigenvalue weighted by molar-refractivity contribution is 5.85. The number of esters is 1. The van der Waals surface area contributed by atoms with Crippen molar-refractivity contribution < 1.29 is 27.4 Å². The Morgan fingerprint density at radius 1 is 0.941 bits per heavy atom. The fourth-order valence-electron chi connectivity index (χ4n) is 3.32. The molecule has 0 spiro atoms. The Morgan fingerprint density at radius 3 is 2.26 bits per heavy atom. The first-order chi connectivity index (χ1) is 15.9. The van der Waals surface area contributed by atoms with Gasteiger partial charge in [0.05, 0.1) is 12.7 Å². The average molecular weight is 471 g/mol. The van der Waals surface area contributed by atoms with Gasteiger partial charge in [-0.2, -0.15) is 13.2 Å². The van der Waals surface area contributed by atoms with Crippen LogP contribution in [0.25, 0.3) is 6.08 Å². The molecule has 2 rings (SSSR count). The van der Waals surface area contributed by atoms with Crippen molar-refractivity contribution in [3.05, 3.63) is 99.7 Å². The molecule has 0 atom stereocenters. The normalized spacial score (nSPS) is 13.1. The highest BCUT2D eigenvalue weighted by atomic mass is 19.4. The molecule has 0 aromatic heterocycles. The summed E-state index contributed by atoms with van der Waals surface area (Å²) in [6, 6.07) is 6.63. The van der Waals surface area contributed by atoms with Crippen molar-refractivity contribution in [3.63, 3.8) is 0 Å². The summed E-state index contributed by atoms with van der Waals surface area (Å²) >= 11 is 0. The quantitative estimate of drug-likeness (QED) is 0.180. The Bertz CT molecular complexity index is 1170. The Labute approximate surface area is 198 Å². The Balaban J connectivity index is 2.08. The molecule has 2 aromatic carbocycles. The first kappa shape index (κ1) is 26.7. The maximum atomic E-state index is 13.0. The van der Waals surface area contributed by atoms with E-state index < -0.39 is 23.5 Å². The first-order valence-corrected chi connectivity index (χ1v) is 10.7. The van der Waals surface area contributed by atoms with Crippen LogP contribution in [0.1, 0.15) is 41.7 Å². The number of hydrogen-bond acceptors (Lipinski definition) is 3. The van der Waals surface area contributed by atoms with Gasteiger partial charge in [0.25, 0.3) is 0 Å². The van der Waals surface area contributed by atoms with E-state index in [1.54, 1.807) is 26.2 Å². The van der Waals surface area contributed by atoms with Crippen LogP contribution >= 0.6 is 0 Å². The van der Waals surface area contributed by atoms with Crippen molar-refractivity contribution in [2.24, 2.45) is 0 Å². The van der Waals surface area contributed by atoms with Crippen molar-refractivity contribution in [1.29, 1.82) is 0 Å². The molecule has 0 fully saturated rings. The lowest BCUT2D eigenvalue weighted by Crippen LogP contribution is -2.12. The molecule has 0 radical (unpaired) electrons. The number of rotatable bonds is 7. The molecule has 0 saturated heterocycles. The zero-order valence-corrected chi connectivity index (χ0v) is 20.2. The molecule has 0 amide bonds. The molecular formula is C28H29F3O3. The number of allylic oxidation sites excluding steroid dienone is 6. The molecular weight excluding hydrogens is 441 g/mol. The Hall–Kier alpha value is -3.54. The number of benzene rings is 2. The molecule has 0 aliphatic heterocycles. The molecule has 180 valence electrons. The molecule has 0 bridgehead atoms. The molecule has 0 aliphatic carbocycles. The molecule has 0 N–H and O–H groups in total. The van der Waals surface area contributed by atoms with E-state index in [0.29, 0.717) is 5.57 Å². The summed E-state index contributed by atoms with van der Waals surface area (Å²) in [5, 5.41) is 0. The lowest BCUT2D eigenvalue weighted by molar-refractivity contribution is -0.140. The number of carbonyl (C=O) groups excluding carboxylic acids is 1. The van der Waals surface area contributed by atoms with Crippen LogP contribution in [0.5, 0.6) is 11.5 Å². The van der Waals surface area contributed by atoms with Crippen LogP contribution in [0.4, 0.5) is 13.2 Å². The van der Waals surface area contributed by atoms with Crippen LogP contribution in [-0.4, -0.2) is 13.1 Å².